The fourth-order valence-electron chi connectivity index (χ4n) is 2.61. The summed E-state index contributed by atoms with van der Waals surface area (Å²) in [5.41, 5.74) is 3.88. The van der Waals surface area contributed by atoms with Crippen LogP contribution in [0.3, 0.4) is 0 Å². The molecule has 1 aromatic heterocycles. The van der Waals surface area contributed by atoms with Crippen molar-refractivity contribution in [2.45, 2.75) is 20.4 Å². The van der Waals surface area contributed by atoms with Gasteiger partial charge in [-0.05, 0) is 54.9 Å². The molecule has 2 heterocycles. The minimum absolute atomic E-state index is 0.189. The largest absolute Gasteiger partial charge is 0.352 e. The second-order valence-electron chi connectivity index (χ2n) is 5.74. The molecule has 3 rings (SSSR count). The topological polar surface area (TPSA) is 42.3 Å². The Bertz CT molecular complexity index is 870. The first-order valence-corrected chi connectivity index (χ1v) is 8.69. The highest BCUT2D eigenvalue weighted by Gasteiger charge is 2.35. The van der Waals surface area contributed by atoms with Gasteiger partial charge >= 0.3 is 0 Å². The van der Waals surface area contributed by atoms with E-state index in [-0.39, 0.29) is 17.7 Å². The van der Waals surface area contributed by atoms with Gasteiger partial charge < -0.3 is 4.57 Å². The summed E-state index contributed by atoms with van der Waals surface area (Å²) in [6.07, 6.45) is 1.79. The Morgan fingerprint density at radius 2 is 1.92 bits per heavy atom. The van der Waals surface area contributed by atoms with Crippen LogP contribution in [-0.4, -0.2) is 20.6 Å². The lowest BCUT2D eigenvalue weighted by Gasteiger charge is -2.13. The third kappa shape index (κ3) is 3.01. The van der Waals surface area contributed by atoms with Gasteiger partial charge in [0.05, 0.1) is 11.4 Å². The SMILES string of the molecule is Cc1cc(/C=C2\SC(=O)N(Cc3ccccc3Cl)C2=O)c(C)n1C. The van der Waals surface area contributed by atoms with Crippen LogP contribution in [0.4, 0.5) is 4.79 Å². The van der Waals surface area contributed by atoms with Crippen LogP contribution in [0.5, 0.6) is 0 Å². The van der Waals surface area contributed by atoms with Gasteiger partial charge in [0.25, 0.3) is 11.1 Å². The maximum atomic E-state index is 12.6. The second kappa shape index (κ2) is 6.49. The van der Waals surface area contributed by atoms with Crippen molar-refractivity contribution in [2.24, 2.45) is 7.05 Å². The average Bonchev–Trinajstić information content (AvgIpc) is 2.94. The molecule has 2 aromatic rings. The summed E-state index contributed by atoms with van der Waals surface area (Å²) in [6.45, 7) is 4.19. The van der Waals surface area contributed by atoms with E-state index in [1.807, 2.05) is 45.2 Å². The minimum atomic E-state index is -0.272. The monoisotopic (exact) mass is 360 g/mol. The second-order valence-corrected chi connectivity index (χ2v) is 7.15. The predicted molar refractivity (Wildman–Crippen MR) is 97.9 cm³/mol. The molecule has 1 fully saturated rings. The van der Waals surface area contributed by atoms with Crippen molar-refractivity contribution >= 4 is 40.6 Å². The number of imide groups is 1. The molecule has 0 unspecified atom stereocenters. The molecule has 0 spiro atoms. The van der Waals surface area contributed by atoms with Crippen LogP contribution in [0.1, 0.15) is 22.5 Å². The van der Waals surface area contributed by atoms with Crippen molar-refractivity contribution in [3.63, 3.8) is 0 Å². The number of hydrogen-bond donors (Lipinski definition) is 0. The van der Waals surface area contributed by atoms with Crippen molar-refractivity contribution in [3.8, 4) is 0 Å². The zero-order valence-corrected chi connectivity index (χ0v) is 15.2. The Labute approximate surface area is 150 Å². The molecule has 24 heavy (non-hydrogen) atoms. The van der Waals surface area contributed by atoms with E-state index in [0.29, 0.717) is 9.93 Å². The number of halogens is 1. The third-order valence-corrected chi connectivity index (χ3v) is 5.54. The highest BCUT2D eigenvalue weighted by atomic mass is 35.5. The van der Waals surface area contributed by atoms with E-state index in [2.05, 4.69) is 4.57 Å². The Kier molecular flexibility index (Phi) is 4.56. The van der Waals surface area contributed by atoms with Gasteiger partial charge in [0.1, 0.15) is 0 Å². The minimum Gasteiger partial charge on any atom is -0.352 e. The van der Waals surface area contributed by atoms with E-state index in [0.717, 1.165) is 34.3 Å². The van der Waals surface area contributed by atoms with Crippen LogP contribution in [-0.2, 0) is 18.4 Å². The van der Waals surface area contributed by atoms with Gasteiger partial charge in [-0.2, -0.15) is 0 Å². The van der Waals surface area contributed by atoms with Crippen LogP contribution in [0.25, 0.3) is 6.08 Å². The van der Waals surface area contributed by atoms with Gasteiger partial charge in [-0.25, -0.2) is 0 Å². The number of amides is 2. The number of rotatable bonds is 3. The van der Waals surface area contributed by atoms with Gasteiger partial charge in [-0.3, -0.25) is 14.5 Å². The standard InChI is InChI=1S/C18H17ClN2O2S/c1-11-8-14(12(2)20(11)3)9-16-17(22)21(18(23)24-16)10-13-6-4-5-7-15(13)19/h4-9H,10H2,1-3H3/b16-9-. The number of aromatic nitrogens is 1. The van der Waals surface area contributed by atoms with Crippen molar-refractivity contribution in [1.29, 1.82) is 0 Å². The van der Waals surface area contributed by atoms with E-state index >= 15 is 0 Å². The molecule has 1 aliphatic heterocycles. The summed E-state index contributed by atoms with van der Waals surface area (Å²) in [5.74, 6) is -0.272. The number of benzene rings is 1. The Hall–Kier alpha value is -1.98. The van der Waals surface area contributed by atoms with Crippen molar-refractivity contribution in [2.75, 3.05) is 0 Å². The molecule has 0 radical (unpaired) electrons. The number of aryl methyl sites for hydroxylation is 1. The number of thioether (sulfide) groups is 1. The van der Waals surface area contributed by atoms with Crippen molar-refractivity contribution in [1.82, 2.24) is 9.47 Å². The summed E-state index contributed by atoms with van der Waals surface area (Å²) in [6, 6.07) is 9.24. The molecule has 1 aliphatic rings. The molecule has 124 valence electrons. The molecule has 2 amide bonds. The number of carbonyl (C=O) groups excluding carboxylic acids is 2. The molecule has 0 bridgehead atoms. The maximum absolute atomic E-state index is 12.6. The van der Waals surface area contributed by atoms with Gasteiger partial charge in [0.15, 0.2) is 0 Å². The maximum Gasteiger partial charge on any atom is 0.293 e. The van der Waals surface area contributed by atoms with Crippen molar-refractivity contribution < 1.29 is 9.59 Å². The van der Waals surface area contributed by atoms with E-state index in [9.17, 15) is 9.59 Å². The van der Waals surface area contributed by atoms with Crippen LogP contribution < -0.4 is 0 Å². The number of carbonyl (C=O) groups is 2. The molecule has 0 saturated carbocycles. The Morgan fingerprint density at radius 3 is 2.54 bits per heavy atom. The summed E-state index contributed by atoms with van der Waals surface area (Å²) in [7, 11) is 1.98. The van der Waals surface area contributed by atoms with E-state index in [4.69, 9.17) is 11.6 Å². The van der Waals surface area contributed by atoms with Crippen LogP contribution in [0.15, 0.2) is 35.2 Å². The van der Waals surface area contributed by atoms with E-state index in [1.54, 1.807) is 12.1 Å². The van der Waals surface area contributed by atoms with Gasteiger partial charge in [0.2, 0.25) is 0 Å². The smallest absolute Gasteiger partial charge is 0.293 e. The third-order valence-electron chi connectivity index (χ3n) is 4.26. The highest BCUT2D eigenvalue weighted by Crippen LogP contribution is 2.34. The lowest BCUT2D eigenvalue weighted by molar-refractivity contribution is -0.123. The average molecular weight is 361 g/mol. The molecular weight excluding hydrogens is 344 g/mol. The van der Waals surface area contributed by atoms with Crippen LogP contribution >= 0.6 is 23.4 Å². The Balaban J connectivity index is 1.87. The van der Waals surface area contributed by atoms with Gasteiger partial charge in [-0.15, -0.1) is 0 Å². The summed E-state index contributed by atoms with van der Waals surface area (Å²) in [4.78, 5) is 26.5. The molecule has 0 atom stereocenters. The summed E-state index contributed by atoms with van der Waals surface area (Å²) >= 11 is 7.10. The fraction of sp³-hybridized carbons (Fsp3) is 0.222. The molecule has 0 N–H and O–H groups in total. The zero-order valence-electron chi connectivity index (χ0n) is 13.7. The molecule has 0 aliphatic carbocycles. The number of hydrogen-bond acceptors (Lipinski definition) is 3. The normalized spacial score (nSPS) is 16.5. The molecule has 6 heteroatoms. The molecule has 1 aromatic carbocycles. The molecule has 4 nitrogen and oxygen atoms in total. The molecule has 1 saturated heterocycles. The Morgan fingerprint density at radius 1 is 1.21 bits per heavy atom. The van der Waals surface area contributed by atoms with E-state index < -0.39 is 0 Å². The van der Waals surface area contributed by atoms with Gasteiger partial charge in [-0.1, -0.05) is 29.8 Å². The summed E-state index contributed by atoms with van der Waals surface area (Å²) in [5, 5.41) is 0.284. The zero-order chi connectivity index (χ0) is 17.4. The highest BCUT2D eigenvalue weighted by molar-refractivity contribution is 8.18. The van der Waals surface area contributed by atoms with Crippen LogP contribution in [0.2, 0.25) is 5.02 Å². The number of nitrogens with zero attached hydrogens (tertiary/aromatic N) is 2. The first kappa shape index (κ1) is 16.9. The fourth-order valence-corrected chi connectivity index (χ4v) is 3.63. The quantitative estimate of drug-likeness (QED) is 0.755. The predicted octanol–water partition coefficient (Wildman–Crippen LogP) is 4.53. The van der Waals surface area contributed by atoms with E-state index in [1.165, 1.54) is 4.90 Å². The summed E-state index contributed by atoms with van der Waals surface area (Å²) < 4.78 is 2.06. The first-order chi connectivity index (χ1) is 11.4. The van der Waals surface area contributed by atoms with Crippen LogP contribution in [0, 0.1) is 13.8 Å². The van der Waals surface area contributed by atoms with Gasteiger partial charge in [0, 0.05) is 23.5 Å². The lowest BCUT2D eigenvalue weighted by Crippen LogP contribution is -2.27. The molecular formula is C18H17ClN2O2S. The lowest BCUT2D eigenvalue weighted by atomic mass is 10.2. The van der Waals surface area contributed by atoms with Crippen molar-refractivity contribution in [3.05, 3.63) is 62.8 Å². The first-order valence-electron chi connectivity index (χ1n) is 7.50.